The van der Waals surface area contributed by atoms with Crippen LogP contribution in [-0.2, 0) is 18.5 Å². The van der Waals surface area contributed by atoms with Crippen LogP contribution in [0.15, 0.2) is 35.8 Å². The van der Waals surface area contributed by atoms with Crippen molar-refractivity contribution >= 4 is 11.3 Å². The van der Waals surface area contributed by atoms with Crippen LogP contribution in [0.4, 0.5) is 0 Å². The number of nitrogens with one attached hydrogen (secondary N) is 1. The van der Waals surface area contributed by atoms with Gasteiger partial charge in [-0.15, -0.1) is 11.3 Å². The van der Waals surface area contributed by atoms with Crippen LogP contribution in [0, 0.1) is 5.92 Å². The van der Waals surface area contributed by atoms with E-state index in [9.17, 15) is 0 Å². The van der Waals surface area contributed by atoms with Gasteiger partial charge in [0.25, 0.3) is 0 Å². The molecule has 0 aliphatic heterocycles. The molecule has 0 bridgehead atoms. The second-order valence-electron chi connectivity index (χ2n) is 6.23. The zero-order valence-corrected chi connectivity index (χ0v) is 13.6. The smallest absolute Gasteiger partial charge is 0.112 e. The van der Waals surface area contributed by atoms with E-state index < -0.39 is 0 Å². The van der Waals surface area contributed by atoms with Crippen LogP contribution in [0.25, 0.3) is 0 Å². The second kappa shape index (κ2) is 6.51. The third kappa shape index (κ3) is 4.15. The van der Waals surface area contributed by atoms with Crippen molar-refractivity contribution in [3.63, 3.8) is 0 Å². The van der Waals surface area contributed by atoms with Crippen LogP contribution in [0.2, 0.25) is 0 Å². The molecule has 3 heteroatoms. The topological polar surface area (TPSA) is 24.9 Å². The molecule has 0 atom stereocenters. The van der Waals surface area contributed by atoms with Crippen molar-refractivity contribution in [2.24, 2.45) is 5.92 Å². The molecule has 0 radical (unpaired) electrons. The Labute approximate surface area is 126 Å². The summed E-state index contributed by atoms with van der Waals surface area (Å²) < 4.78 is 0. The van der Waals surface area contributed by atoms with Crippen LogP contribution in [0.1, 0.15) is 43.8 Å². The van der Waals surface area contributed by atoms with Gasteiger partial charge < -0.3 is 5.32 Å². The molecule has 1 heterocycles. The summed E-state index contributed by atoms with van der Waals surface area (Å²) in [6.45, 7) is 9.74. The quantitative estimate of drug-likeness (QED) is 0.854. The highest BCUT2D eigenvalue weighted by molar-refractivity contribution is 7.09. The third-order valence-corrected chi connectivity index (χ3v) is 4.47. The first-order valence-electron chi connectivity index (χ1n) is 7.20. The van der Waals surface area contributed by atoms with E-state index in [2.05, 4.69) is 62.3 Å². The fourth-order valence-corrected chi connectivity index (χ4v) is 2.93. The summed E-state index contributed by atoms with van der Waals surface area (Å²) in [6, 6.07) is 8.94. The highest BCUT2D eigenvalue weighted by atomic mass is 32.1. The lowest BCUT2D eigenvalue weighted by atomic mass is 10.0. The average Bonchev–Trinajstić information content (AvgIpc) is 2.92. The molecule has 2 nitrogen and oxygen atoms in total. The molecule has 0 amide bonds. The molecule has 0 spiro atoms. The Morgan fingerprint density at radius 1 is 1.15 bits per heavy atom. The standard InChI is InChI=1S/C17H24N2S/c1-13(2)11-14-5-7-15(8-6-14)12-19-17(3,4)16-18-9-10-20-16/h5-10,13,19H,11-12H2,1-4H3. The number of rotatable bonds is 6. The first-order valence-corrected chi connectivity index (χ1v) is 8.08. The number of hydrogen-bond acceptors (Lipinski definition) is 3. The molecular weight excluding hydrogens is 264 g/mol. The largest absolute Gasteiger partial charge is 0.302 e. The fraction of sp³-hybridized carbons (Fsp3) is 0.471. The zero-order valence-electron chi connectivity index (χ0n) is 12.8. The molecule has 0 saturated carbocycles. The lowest BCUT2D eigenvalue weighted by molar-refractivity contribution is 0.399. The van der Waals surface area contributed by atoms with Gasteiger partial charge in [0.1, 0.15) is 5.01 Å². The van der Waals surface area contributed by atoms with Crippen molar-refractivity contribution < 1.29 is 0 Å². The van der Waals surface area contributed by atoms with Crippen LogP contribution in [0.3, 0.4) is 0 Å². The predicted molar refractivity (Wildman–Crippen MR) is 87.0 cm³/mol. The van der Waals surface area contributed by atoms with Crippen molar-refractivity contribution in [1.29, 1.82) is 0 Å². The summed E-state index contributed by atoms with van der Waals surface area (Å²) in [7, 11) is 0. The summed E-state index contributed by atoms with van der Waals surface area (Å²) >= 11 is 1.70. The van der Waals surface area contributed by atoms with Crippen molar-refractivity contribution in [1.82, 2.24) is 10.3 Å². The number of hydrogen-bond donors (Lipinski definition) is 1. The van der Waals surface area contributed by atoms with E-state index in [1.807, 2.05) is 11.6 Å². The number of benzene rings is 1. The predicted octanol–water partition coefficient (Wildman–Crippen LogP) is 4.37. The first kappa shape index (κ1) is 15.2. The molecule has 108 valence electrons. The van der Waals surface area contributed by atoms with Gasteiger partial charge in [-0.3, -0.25) is 0 Å². The molecule has 1 aromatic carbocycles. The minimum atomic E-state index is -0.0786. The first-order chi connectivity index (χ1) is 9.47. The Kier molecular flexibility index (Phi) is 4.95. The van der Waals surface area contributed by atoms with Crippen molar-refractivity contribution in [3.8, 4) is 0 Å². The highest BCUT2D eigenvalue weighted by Gasteiger charge is 2.22. The highest BCUT2D eigenvalue weighted by Crippen LogP contribution is 2.22. The van der Waals surface area contributed by atoms with Crippen LogP contribution < -0.4 is 5.32 Å². The Balaban J connectivity index is 1.94. The molecule has 20 heavy (non-hydrogen) atoms. The van der Waals surface area contributed by atoms with Gasteiger partial charge in [0.15, 0.2) is 0 Å². The van der Waals surface area contributed by atoms with E-state index in [1.165, 1.54) is 11.1 Å². The molecule has 0 saturated heterocycles. The Hall–Kier alpha value is -1.19. The molecule has 0 unspecified atom stereocenters. The van der Waals surface area contributed by atoms with Crippen LogP contribution >= 0.6 is 11.3 Å². The minimum absolute atomic E-state index is 0.0786. The normalized spacial score (nSPS) is 12.1. The molecule has 1 aromatic heterocycles. The summed E-state index contributed by atoms with van der Waals surface area (Å²) in [4.78, 5) is 4.40. The van der Waals surface area contributed by atoms with Gasteiger partial charge in [-0.2, -0.15) is 0 Å². The van der Waals surface area contributed by atoms with Crippen LogP contribution in [-0.4, -0.2) is 4.98 Å². The Morgan fingerprint density at radius 3 is 2.35 bits per heavy atom. The molecule has 2 aromatic rings. The van der Waals surface area contributed by atoms with E-state index in [0.717, 1.165) is 18.0 Å². The van der Waals surface area contributed by atoms with E-state index in [-0.39, 0.29) is 5.54 Å². The van der Waals surface area contributed by atoms with Crippen molar-refractivity contribution in [2.45, 2.75) is 46.2 Å². The Morgan fingerprint density at radius 2 is 1.80 bits per heavy atom. The van der Waals surface area contributed by atoms with E-state index in [1.54, 1.807) is 11.3 Å². The maximum absolute atomic E-state index is 4.40. The van der Waals surface area contributed by atoms with Crippen molar-refractivity contribution in [3.05, 3.63) is 52.0 Å². The number of aromatic nitrogens is 1. The fourth-order valence-electron chi connectivity index (χ4n) is 2.20. The van der Waals surface area contributed by atoms with Crippen molar-refractivity contribution in [2.75, 3.05) is 0 Å². The maximum Gasteiger partial charge on any atom is 0.112 e. The summed E-state index contributed by atoms with van der Waals surface area (Å²) in [5, 5.41) is 6.75. The maximum atomic E-state index is 4.40. The minimum Gasteiger partial charge on any atom is -0.302 e. The summed E-state index contributed by atoms with van der Waals surface area (Å²) in [6.07, 6.45) is 3.02. The number of nitrogens with zero attached hydrogens (tertiary/aromatic N) is 1. The number of thiazole rings is 1. The molecule has 0 fully saturated rings. The van der Waals surface area contributed by atoms with Gasteiger partial charge >= 0.3 is 0 Å². The van der Waals surface area contributed by atoms with Gasteiger partial charge in [-0.1, -0.05) is 38.1 Å². The summed E-state index contributed by atoms with van der Waals surface area (Å²) in [5.74, 6) is 0.711. The van der Waals surface area contributed by atoms with E-state index in [4.69, 9.17) is 0 Å². The molecular formula is C17H24N2S. The van der Waals surface area contributed by atoms with E-state index in [0.29, 0.717) is 5.92 Å². The monoisotopic (exact) mass is 288 g/mol. The van der Waals surface area contributed by atoms with E-state index >= 15 is 0 Å². The summed E-state index contributed by atoms with van der Waals surface area (Å²) in [5.41, 5.74) is 2.66. The van der Waals surface area contributed by atoms with Gasteiger partial charge in [0.2, 0.25) is 0 Å². The SMILES string of the molecule is CC(C)Cc1ccc(CNC(C)(C)c2nccs2)cc1. The molecule has 2 rings (SSSR count). The Bertz CT molecular complexity index is 512. The molecule has 0 aliphatic carbocycles. The third-order valence-electron chi connectivity index (χ3n) is 3.37. The lowest BCUT2D eigenvalue weighted by Crippen LogP contribution is -2.35. The molecule has 0 aliphatic rings. The van der Waals surface area contributed by atoms with Gasteiger partial charge in [-0.05, 0) is 37.3 Å². The molecule has 1 N–H and O–H groups in total. The second-order valence-corrected chi connectivity index (χ2v) is 7.12. The lowest BCUT2D eigenvalue weighted by Gasteiger charge is -2.24. The van der Waals surface area contributed by atoms with Crippen LogP contribution in [0.5, 0.6) is 0 Å². The van der Waals surface area contributed by atoms with Gasteiger partial charge in [0, 0.05) is 18.1 Å². The zero-order chi connectivity index (χ0) is 14.6. The average molecular weight is 288 g/mol. The van der Waals surface area contributed by atoms with Gasteiger partial charge in [-0.25, -0.2) is 4.98 Å². The van der Waals surface area contributed by atoms with Gasteiger partial charge in [0.05, 0.1) is 5.54 Å².